The molecule has 1 atom stereocenters. The number of benzene rings is 2. The molecule has 0 saturated carbocycles. The SMILES string of the molecule is O=C(O)CN1CC2(CCN(c3ccc(-c4cc(F)c5c(c4)C(=O)N(C(C(=O)Nc4nccs4)c4ncn6c4CCC6)C5)cc3)CC2)C1. The van der Waals surface area contributed by atoms with Crippen LogP contribution in [0.3, 0.4) is 0 Å². The van der Waals surface area contributed by atoms with Crippen LogP contribution in [0.2, 0.25) is 0 Å². The average molecular weight is 656 g/mol. The average Bonchev–Trinajstić information content (AvgIpc) is 3.85. The molecule has 0 bridgehead atoms. The van der Waals surface area contributed by atoms with Gasteiger partial charge in [-0.25, -0.2) is 14.4 Å². The Balaban J connectivity index is 1.00. The van der Waals surface area contributed by atoms with Crippen molar-refractivity contribution in [3.05, 3.63) is 82.6 Å². The number of thiazole rings is 1. The summed E-state index contributed by atoms with van der Waals surface area (Å²) in [4.78, 5) is 53.2. The van der Waals surface area contributed by atoms with Crippen LogP contribution in [0.4, 0.5) is 15.2 Å². The van der Waals surface area contributed by atoms with Gasteiger partial charge in [0.15, 0.2) is 11.2 Å². The van der Waals surface area contributed by atoms with Gasteiger partial charge in [0.2, 0.25) is 0 Å². The van der Waals surface area contributed by atoms with E-state index in [0.717, 1.165) is 75.4 Å². The van der Waals surface area contributed by atoms with Gasteiger partial charge in [-0.2, -0.15) is 0 Å². The summed E-state index contributed by atoms with van der Waals surface area (Å²) in [5.41, 5.74) is 4.66. The molecule has 2 fully saturated rings. The molecule has 8 rings (SSSR count). The molecule has 2 saturated heterocycles. The van der Waals surface area contributed by atoms with Crippen LogP contribution in [-0.4, -0.2) is 79.9 Å². The Labute approximate surface area is 274 Å². The fourth-order valence-corrected chi connectivity index (χ4v) is 8.32. The van der Waals surface area contributed by atoms with Crippen LogP contribution < -0.4 is 10.2 Å². The Kier molecular flexibility index (Phi) is 7.32. The first kappa shape index (κ1) is 29.8. The number of carbonyl (C=O) groups excluding carboxylic acids is 2. The molecule has 1 spiro atoms. The Bertz CT molecular complexity index is 1860. The van der Waals surface area contributed by atoms with Crippen molar-refractivity contribution in [2.45, 2.75) is 44.8 Å². The maximum atomic E-state index is 15.7. The van der Waals surface area contributed by atoms with Crippen LogP contribution in [0, 0.1) is 11.2 Å². The lowest BCUT2D eigenvalue weighted by Crippen LogP contribution is -2.61. The highest BCUT2D eigenvalue weighted by molar-refractivity contribution is 7.13. The predicted octanol–water partition coefficient (Wildman–Crippen LogP) is 4.41. The number of hydrogen-bond donors (Lipinski definition) is 2. The molecule has 47 heavy (non-hydrogen) atoms. The van der Waals surface area contributed by atoms with E-state index in [1.54, 1.807) is 24.0 Å². The highest BCUT2D eigenvalue weighted by Crippen LogP contribution is 2.42. The second kappa shape index (κ2) is 11.6. The highest BCUT2D eigenvalue weighted by atomic mass is 32.1. The summed E-state index contributed by atoms with van der Waals surface area (Å²) in [7, 11) is 0. The van der Waals surface area contributed by atoms with E-state index in [9.17, 15) is 14.4 Å². The smallest absolute Gasteiger partial charge is 0.317 e. The number of fused-ring (bicyclic) bond motifs is 2. The monoisotopic (exact) mass is 655 g/mol. The number of rotatable bonds is 8. The Morgan fingerprint density at radius 1 is 1.06 bits per heavy atom. The van der Waals surface area contributed by atoms with Gasteiger partial charge in [-0.05, 0) is 66.5 Å². The summed E-state index contributed by atoms with van der Waals surface area (Å²) in [5, 5.41) is 14.1. The Morgan fingerprint density at radius 3 is 2.57 bits per heavy atom. The van der Waals surface area contributed by atoms with E-state index >= 15 is 4.39 Å². The fraction of sp³-hybridized carbons (Fsp3) is 0.382. The maximum absolute atomic E-state index is 15.7. The third-order valence-electron chi connectivity index (χ3n) is 10.2. The van der Waals surface area contributed by atoms with Crippen molar-refractivity contribution >= 4 is 39.9 Å². The number of carboxylic acid groups (broad SMARTS) is 1. The van der Waals surface area contributed by atoms with E-state index in [1.807, 2.05) is 33.7 Å². The van der Waals surface area contributed by atoms with Crippen LogP contribution in [-0.2, 0) is 29.1 Å². The molecule has 4 aliphatic rings. The molecule has 2 amide bonds. The number of hydrogen-bond acceptors (Lipinski definition) is 8. The summed E-state index contributed by atoms with van der Waals surface area (Å²) in [6, 6.07) is 10.1. The quantitative estimate of drug-likeness (QED) is 0.286. The number of nitrogens with one attached hydrogen (secondary N) is 1. The molecule has 4 aliphatic heterocycles. The van der Waals surface area contributed by atoms with E-state index in [4.69, 9.17) is 5.11 Å². The largest absolute Gasteiger partial charge is 0.480 e. The number of anilines is 2. The lowest BCUT2D eigenvalue weighted by Gasteiger charge is -2.54. The van der Waals surface area contributed by atoms with E-state index in [2.05, 4.69) is 20.2 Å². The van der Waals surface area contributed by atoms with Gasteiger partial charge in [0, 0.05) is 66.8 Å². The van der Waals surface area contributed by atoms with Crippen LogP contribution >= 0.6 is 11.3 Å². The minimum absolute atomic E-state index is 0.0357. The summed E-state index contributed by atoms with van der Waals surface area (Å²) >= 11 is 1.28. The topological polar surface area (TPSA) is 124 Å². The second-order valence-corrected chi connectivity index (χ2v) is 14.0. The maximum Gasteiger partial charge on any atom is 0.317 e. The van der Waals surface area contributed by atoms with Gasteiger partial charge in [-0.1, -0.05) is 12.1 Å². The van der Waals surface area contributed by atoms with E-state index in [0.29, 0.717) is 16.4 Å². The van der Waals surface area contributed by atoms with Gasteiger partial charge in [0.25, 0.3) is 11.8 Å². The predicted molar refractivity (Wildman–Crippen MR) is 174 cm³/mol. The van der Waals surface area contributed by atoms with Gasteiger partial charge in [-0.15, -0.1) is 11.3 Å². The number of piperidine rings is 1. The summed E-state index contributed by atoms with van der Waals surface area (Å²) in [6.45, 7) is 4.35. The molecule has 0 aliphatic carbocycles. The molecule has 1 unspecified atom stereocenters. The van der Waals surface area contributed by atoms with Crippen molar-refractivity contribution in [2.75, 3.05) is 42.9 Å². The van der Waals surface area contributed by atoms with Gasteiger partial charge in [-0.3, -0.25) is 24.6 Å². The number of imidazole rings is 1. The zero-order valence-corrected chi connectivity index (χ0v) is 26.5. The number of halogens is 1. The zero-order chi connectivity index (χ0) is 32.3. The minimum atomic E-state index is -1.03. The number of aryl methyl sites for hydroxylation is 1. The van der Waals surface area contributed by atoms with E-state index < -0.39 is 29.6 Å². The summed E-state index contributed by atoms with van der Waals surface area (Å²) in [6.07, 6.45) is 7.03. The molecule has 2 aromatic carbocycles. The highest BCUT2D eigenvalue weighted by Gasteiger charge is 2.45. The lowest BCUT2D eigenvalue weighted by molar-refractivity contribution is -0.142. The number of nitrogens with zero attached hydrogens (tertiary/aromatic N) is 6. The first-order valence-electron chi connectivity index (χ1n) is 15.9. The second-order valence-electron chi connectivity index (χ2n) is 13.1. The molecule has 2 N–H and O–H groups in total. The van der Waals surface area contributed by atoms with Crippen molar-refractivity contribution in [3.63, 3.8) is 0 Å². The van der Waals surface area contributed by atoms with Crippen molar-refractivity contribution in [1.82, 2.24) is 24.3 Å². The molecule has 0 radical (unpaired) electrons. The fourth-order valence-electron chi connectivity index (χ4n) is 7.79. The Hall–Kier alpha value is -4.62. The van der Waals surface area contributed by atoms with Crippen LogP contribution in [0.15, 0.2) is 54.3 Å². The number of likely N-dealkylation sites (tertiary alicyclic amines) is 1. The van der Waals surface area contributed by atoms with E-state index in [1.165, 1.54) is 22.3 Å². The molecule has 242 valence electrons. The number of carbonyl (C=O) groups is 3. The molecule has 2 aromatic heterocycles. The lowest BCUT2D eigenvalue weighted by atomic mass is 9.72. The van der Waals surface area contributed by atoms with Crippen LogP contribution in [0.1, 0.15) is 52.6 Å². The molecular formula is C34H34FN7O4S. The normalized spacial score (nSPS) is 19.0. The van der Waals surface area contributed by atoms with Crippen molar-refractivity contribution in [1.29, 1.82) is 0 Å². The minimum Gasteiger partial charge on any atom is -0.480 e. The molecular weight excluding hydrogens is 621 g/mol. The van der Waals surface area contributed by atoms with E-state index in [-0.39, 0.29) is 29.6 Å². The molecule has 6 heterocycles. The summed E-state index contributed by atoms with van der Waals surface area (Å²) in [5.74, 6) is -2.09. The number of amides is 2. The molecule has 13 heteroatoms. The van der Waals surface area contributed by atoms with Gasteiger partial charge in [0.1, 0.15) is 5.82 Å². The first-order chi connectivity index (χ1) is 22.8. The van der Waals surface area contributed by atoms with Crippen LogP contribution in [0.25, 0.3) is 11.1 Å². The van der Waals surface area contributed by atoms with Gasteiger partial charge in [0.05, 0.1) is 25.1 Å². The summed E-state index contributed by atoms with van der Waals surface area (Å²) < 4.78 is 17.8. The number of carboxylic acids is 1. The molecule has 4 aromatic rings. The zero-order valence-electron chi connectivity index (χ0n) is 25.7. The van der Waals surface area contributed by atoms with Crippen molar-refractivity contribution in [3.8, 4) is 11.1 Å². The third-order valence-corrected chi connectivity index (χ3v) is 10.8. The standard InChI is InChI=1S/C34H34FN7O4S/c35-26-15-22(21-3-5-23(6-4-21)40-11-7-34(8-12-40)18-39(19-34)17-28(43)44)14-24-25(26)16-42(32(24)46)30(31(45)38-33-36-9-13-47-33)29-27-2-1-10-41(27)20-37-29/h3-6,9,13-15,20,30H,1-2,7-8,10-12,16-19H2,(H,43,44)(H,36,38,45). The van der Waals surface area contributed by atoms with Crippen molar-refractivity contribution in [2.24, 2.45) is 5.41 Å². The van der Waals surface area contributed by atoms with Gasteiger partial charge >= 0.3 is 5.97 Å². The number of aliphatic carboxylic acids is 1. The Morgan fingerprint density at radius 2 is 1.85 bits per heavy atom. The third kappa shape index (κ3) is 5.36. The first-order valence-corrected chi connectivity index (χ1v) is 16.8. The molecule has 11 nitrogen and oxygen atoms in total. The number of aromatic nitrogens is 3. The van der Waals surface area contributed by atoms with Crippen LogP contribution in [0.5, 0.6) is 0 Å². The van der Waals surface area contributed by atoms with Crippen molar-refractivity contribution < 1.29 is 23.9 Å². The van der Waals surface area contributed by atoms with Gasteiger partial charge < -0.3 is 19.5 Å².